The SMILES string of the molecule is NCC(C(=O)OCc1ccccc1)C(Cc1ccccc1)c1ccc(OS(=O)(=O)c2ccccc2)cc1. The summed E-state index contributed by atoms with van der Waals surface area (Å²) in [4.78, 5) is 13.2. The van der Waals surface area contributed by atoms with E-state index in [1.807, 2.05) is 60.7 Å². The summed E-state index contributed by atoms with van der Waals surface area (Å²) in [7, 11) is -3.96. The van der Waals surface area contributed by atoms with E-state index in [9.17, 15) is 13.2 Å². The summed E-state index contributed by atoms with van der Waals surface area (Å²) in [6, 6.07) is 34.0. The Bertz CT molecular complexity index is 1380. The lowest BCUT2D eigenvalue weighted by Gasteiger charge is -2.26. The standard InChI is InChI=1S/C30H29NO5S/c31-21-29(30(32)35-22-24-12-6-2-7-13-24)28(20-23-10-4-1-5-11-23)25-16-18-26(19-17-25)36-37(33,34)27-14-8-3-9-15-27/h1-19,28-29H,20-22,31H2. The van der Waals surface area contributed by atoms with Crippen LogP contribution in [0.4, 0.5) is 0 Å². The molecule has 2 atom stereocenters. The highest BCUT2D eigenvalue weighted by Gasteiger charge is 2.30. The Kier molecular flexibility index (Phi) is 8.72. The van der Waals surface area contributed by atoms with Gasteiger partial charge in [0.15, 0.2) is 0 Å². The molecule has 0 spiro atoms. The maximum absolute atomic E-state index is 13.2. The van der Waals surface area contributed by atoms with E-state index < -0.39 is 16.0 Å². The van der Waals surface area contributed by atoms with Gasteiger partial charge in [0.05, 0.1) is 5.92 Å². The number of nitrogens with two attached hydrogens (primary N) is 1. The average Bonchev–Trinajstić information content (AvgIpc) is 2.94. The predicted molar refractivity (Wildman–Crippen MR) is 142 cm³/mol. The van der Waals surface area contributed by atoms with E-state index in [1.165, 1.54) is 12.1 Å². The van der Waals surface area contributed by atoms with E-state index in [4.69, 9.17) is 14.7 Å². The van der Waals surface area contributed by atoms with Gasteiger partial charge < -0.3 is 14.7 Å². The Morgan fingerprint density at radius 1 is 0.730 bits per heavy atom. The highest BCUT2D eigenvalue weighted by Crippen LogP contribution is 2.31. The van der Waals surface area contributed by atoms with Crippen molar-refractivity contribution in [2.45, 2.75) is 23.8 Å². The predicted octanol–water partition coefficient (Wildman–Crippen LogP) is 5.10. The minimum absolute atomic E-state index is 0.0744. The fourth-order valence-electron chi connectivity index (χ4n) is 4.15. The van der Waals surface area contributed by atoms with Crippen LogP contribution in [0, 0.1) is 5.92 Å². The lowest BCUT2D eigenvalue weighted by molar-refractivity contribution is -0.150. The first-order valence-corrected chi connectivity index (χ1v) is 13.4. The van der Waals surface area contributed by atoms with Gasteiger partial charge in [-0.05, 0) is 47.4 Å². The van der Waals surface area contributed by atoms with Crippen LogP contribution in [-0.2, 0) is 32.7 Å². The smallest absolute Gasteiger partial charge is 0.339 e. The van der Waals surface area contributed by atoms with E-state index in [-0.39, 0.29) is 35.7 Å². The molecule has 2 N–H and O–H groups in total. The van der Waals surface area contributed by atoms with Gasteiger partial charge in [-0.15, -0.1) is 0 Å². The molecule has 0 fully saturated rings. The molecule has 4 aromatic rings. The lowest BCUT2D eigenvalue weighted by atomic mass is 9.81. The van der Waals surface area contributed by atoms with Crippen molar-refractivity contribution in [2.24, 2.45) is 11.7 Å². The van der Waals surface area contributed by atoms with Crippen LogP contribution in [0.2, 0.25) is 0 Å². The van der Waals surface area contributed by atoms with Crippen molar-refractivity contribution in [1.82, 2.24) is 0 Å². The van der Waals surface area contributed by atoms with Crippen LogP contribution < -0.4 is 9.92 Å². The summed E-state index contributed by atoms with van der Waals surface area (Å²) in [5.74, 6) is -1.07. The van der Waals surface area contributed by atoms with E-state index in [1.54, 1.807) is 42.5 Å². The van der Waals surface area contributed by atoms with E-state index >= 15 is 0 Å². The van der Waals surface area contributed by atoms with Crippen molar-refractivity contribution >= 4 is 16.1 Å². The van der Waals surface area contributed by atoms with E-state index in [0.717, 1.165) is 16.7 Å². The molecule has 4 rings (SSSR count). The number of carbonyl (C=O) groups is 1. The first-order chi connectivity index (χ1) is 18.0. The molecule has 0 heterocycles. The summed E-state index contributed by atoms with van der Waals surface area (Å²) < 4.78 is 36.1. The molecule has 6 nitrogen and oxygen atoms in total. The second-order valence-electron chi connectivity index (χ2n) is 8.65. The van der Waals surface area contributed by atoms with Crippen LogP contribution in [-0.4, -0.2) is 20.9 Å². The quantitative estimate of drug-likeness (QED) is 0.221. The third-order valence-electron chi connectivity index (χ3n) is 6.11. The molecule has 0 aromatic heterocycles. The van der Waals surface area contributed by atoms with Gasteiger partial charge in [-0.2, -0.15) is 8.42 Å². The van der Waals surface area contributed by atoms with Crippen LogP contribution >= 0.6 is 0 Å². The maximum atomic E-state index is 13.2. The Balaban J connectivity index is 1.56. The highest BCUT2D eigenvalue weighted by atomic mass is 32.2. The fraction of sp³-hybridized carbons (Fsp3) is 0.167. The number of carbonyl (C=O) groups excluding carboxylic acids is 1. The van der Waals surface area contributed by atoms with Crippen molar-refractivity contribution in [3.05, 3.63) is 132 Å². The minimum atomic E-state index is -3.96. The van der Waals surface area contributed by atoms with Crippen molar-refractivity contribution < 1.29 is 22.1 Å². The molecule has 0 bridgehead atoms. The first kappa shape index (κ1) is 26.1. The molecule has 0 aliphatic carbocycles. The number of esters is 1. The molecule has 37 heavy (non-hydrogen) atoms. The van der Waals surface area contributed by atoms with Crippen LogP contribution in [0.15, 0.2) is 120 Å². The molecule has 0 aliphatic heterocycles. The molecule has 190 valence electrons. The number of hydrogen-bond acceptors (Lipinski definition) is 6. The second kappa shape index (κ2) is 12.3. The molecule has 0 amide bonds. The average molecular weight is 516 g/mol. The number of benzene rings is 4. The van der Waals surface area contributed by atoms with E-state index in [2.05, 4.69) is 0 Å². The maximum Gasteiger partial charge on any atom is 0.339 e. The third kappa shape index (κ3) is 7.06. The molecule has 0 saturated carbocycles. The monoisotopic (exact) mass is 515 g/mol. The number of ether oxygens (including phenoxy) is 1. The zero-order valence-electron chi connectivity index (χ0n) is 20.3. The van der Waals surface area contributed by atoms with Crippen LogP contribution in [0.1, 0.15) is 22.6 Å². The summed E-state index contributed by atoms with van der Waals surface area (Å²) >= 11 is 0. The van der Waals surface area contributed by atoms with Crippen molar-refractivity contribution in [3.8, 4) is 5.75 Å². The normalized spacial score (nSPS) is 12.9. The van der Waals surface area contributed by atoms with Crippen molar-refractivity contribution in [2.75, 3.05) is 6.54 Å². The summed E-state index contributed by atoms with van der Waals surface area (Å²) in [5.41, 5.74) is 8.89. The van der Waals surface area contributed by atoms with Crippen LogP contribution in [0.5, 0.6) is 5.75 Å². The van der Waals surface area contributed by atoms with Crippen LogP contribution in [0.3, 0.4) is 0 Å². The topological polar surface area (TPSA) is 95.7 Å². The zero-order chi connectivity index (χ0) is 26.1. The third-order valence-corrected chi connectivity index (χ3v) is 7.37. The Hall–Kier alpha value is -3.94. The minimum Gasteiger partial charge on any atom is -0.461 e. The molecular weight excluding hydrogens is 486 g/mol. The molecule has 0 aliphatic rings. The Labute approximate surface area is 217 Å². The second-order valence-corrected chi connectivity index (χ2v) is 10.2. The molecule has 7 heteroatoms. The molecule has 0 saturated heterocycles. The Morgan fingerprint density at radius 3 is 1.84 bits per heavy atom. The van der Waals surface area contributed by atoms with Gasteiger partial charge in [0.1, 0.15) is 17.3 Å². The molecule has 0 radical (unpaired) electrons. The van der Waals surface area contributed by atoms with E-state index in [0.29, 0.717) is 6.42 Å². The molecule has 2 unspecified atom stereocenters. The van der Waals surface area contributed by atoms with Gasteiger partial charge in [0, 0.05) is 12.5 Å². The van der Waals surface area contributed by atoms with Gasteiger partial charge >= 0.3 is 16.1 Å². The van der Waals surface area contributed by atoms with Gasteiger partial charge in [-0.3, -0.25) is 4.79 Å². The van der Waals surface area contributed by atoms with Gasteiger partial charge in [0.25, 0.3) is 0 Å². The summed E-state index contributed by atoms with van der Waals surface area (Å²) in [5, 5.41) is 0. The zero-order valence-corrected chi connectivity index (χ0v) is 21.1. The van der Waals surface area contributed by atoms with Crippen molar-refractivity contribution in [3.63, 3.8) is 0 Å². The number of hydrogen-bond donors (Lipinski definition) is 1. The summed E-state index contributed by atoms with van der Waals surface area (Å²) in [6.45, 7) is 0.268. The van der Waals surface area contributed by atoms with Gasteiger partial charge in [0.2, 0.25) is 0 Å². The largest absolute Gasteiger partial charge is 0.461 e. The number of rotatable bonds is 11. The highest BCUT2D eigenvalue weighted by molar-refractivity contribution is 7.87. The van der Waals surface area contributed by atoms with Gasteiger partial charge in [-0.1, -0.05) is 91.0 Å². The Morgan fingerprint density at radius 2 is 1.27 bits per heavy atom. The summed E-state index contributed by atoms with van der Waals surface area (Å²) in [6.07, 6.45) is 0.561. The first-order valence-electron chi connectivity index (χ1n) is 12.0. The fourth-order valence-corrected chi connectivity index (χ4v) is 5.10. The molecule has 4 aromatic carbocycles. The van der Waals surface area contributed by atoms with Gasteiger partial charge in [-0.25, -0.2) is 0 Å². The molecular formula is C30H29NO5S. The van der Waals surface area contributed by atoms with Crippen molar-refractivity contribution in [1.29, 1.82) is 0 Å². The lowest BCUT2D eigenvalue weighted by Crippen LogP contribution is -2.32. The van der Waals surface area contributed by atoms with Crippen LogP contribution in [0.25, 0.3) is 0 Å².